The third-order valence-electron chi connectivity index (χ3n) is 3.45. The van der Waals surface area contributed by atoms with Crippen molar-refractivity contribution in [2.45, 2.75) is 39.7 Å². The van der Waals surface area contributed by atoms with Crippen molar-refractivity contribution in [2.24, 2.45) is 17.8 Å². The highest BCUT2D eigenvalue weighted by atomic mass is 16.6. The summed E-state index contributed by atoms with van der Waals surface area (Å²) in [6.07, 6.45) is 0.618. The molecule has 0 saturated carbocycles. The molecule has 0 aromatic rings. The Kier molecular flexibility index (Phi) is 6.34. The summed E-state index contributed by atoms with van der Waals surface area (Å²) in [5.41, 5.74) is -0.751. The van der Waals surface area contributed by atoms with Gasteiger partial charge in [-0.3, -0.25) is 14.4 Å². The van der Waals surface area contributed by atoms with Crippen molar-refractivity contribution >= 4 is 17.9 Å². The summed E-state index contributed by atoms with van der Waals surface area (Å²) in [5, 5.41) is 12.5. The quantitative estimate of drug-likeness (QED) is 0.552. The number of carbonyl (C=O) groups excluding carboxylic acids is 2. The largest absolute Gasteiger partial charge is 0.481 e. The number of aliphatic carboxylic acids is 1. The van der Waals surface area contributed by atoms with Gasteiger partial charge in [-0.2, -0.15) is 0 Å². The van der Waals surface area contributed by atoms with E-state index in [9.17, 15) is 19.5 Å². The Morgan fingerprint density at radius 2 is 1.91 bits per heavy atom. The molecule has 7 heteroatoms. The highest BCUT2D eigenvalue weighted by Gasteiger charge is 2.47. The molecule has 1 fully saturated rings. The molecule has 22 heavy (non-hydrogen) atoms. The van der Waals surface area contributed by atoms with Gasteiger partial charge >= 0.3 is 17.9 Å². The lowest BCUT2D eigenvalue weighted by atomic mass is 9.80. The van der Waals surface area contributed by atoms with E-state index in [4.69, 9.17) is 9.47 Å². The minimum absolute atomic E-state index is 0.0621. The number of nitrogens with one attached hydrogen (secondary N) is 1. The molecule has 0 aromatic heterocycles. The van der Waals surface area contributed by atoms with Crippen molar-refractivity contribution in [3.63, 3.8) is 0 Å². The molecule has 3 unspecified atom stereocenters. The van der Waals surface area contributed by atoms with Crippen LogP contribution in [0.2, 0.25) is 0 Å². The van der Waals surface area contributed by atoms with Crippen LogP contribution >= 0.6 is 0 Å². The topological polar surface area (TPSA) is 102 Å². The minimum Gasteiger partial charge on any atom is -0.481 e. The van der Waals surface area contributed by atoms with Crippen LogP contribution in [0.5, 0.6) is 0 Å². The van der Waals surface area contributed by atoms with Crippen molar-refractivity contribution in [1.82, 2.24) is 5.32 Å². The third-order valence-corrected chi connectivity index (χ3v) is 3.45. The first kappa shape index (κ1) is 18.4. The van der Waals surface area contributed by atoms with Crippen LogP contribution in [0.3, 0.4) is 0 Å². The second kappa shape index (κ2) is 7.58. The van der Waals surface area contributed by atoms with E-state index >= 15 is 0 Å². The SMILES string of the molecule is CCOC(=O)C(C(=O)O)C(C(=O)OC(C)(C)C)C1CCNC1. The number of ether oxygens (including phenoxy) is 2. The van der Waals surface area contributed by atoms with Crippen molar-refractivity contribution in [3.05, 3.63) is 0 Å². The highest BCUT2D eigenvalue weighted by Crippen LogP contribution is 2.30. The lowest BCUT2D eigenvalue weighted by Crippen LogP contribution is -2.44. The molecule has 0 aromatic carbocycles. The molecule has 0 aliphatic carbocycles. The van der Waals surface area contributed by atoms with E-state index in [0.717, 1.165) is 0 Å². The number of carbonyl (C=O) groups is 3. The average Bonchev–Trinajstić information content (AvgIpc) is 2.86. The Morgan fingerprint density at radius 3 is 2.32 bits per heavy atom. The number of hydrogen-bond donors (Lipinski definition) is 2. The summed E-state index contributed by atoms with van der Waals surface area (Å²) in [4.78, 5) is 36.1. The van der Waals surface area contributed by atoms with Crippen LogP contribution in [-0.2, 0) is 23.9 Å². The number of carboxylic acids is 1. The molecule has 0 amide bonds. The zero-order valence-corrected chi connectivity index (χ0v) is 13.5. The van der Waals surface area contributed by atoms with E-state index in [-0.39, 0.29) is 12.5 Å². The van der Waals surface area contributed by atoms with Gasteiger partial charge < -0.3 is 19.9 Å². The van der Waals surface area contributed by atoms with E-state index in [2.05, 4.69) is 5.32 Å². The van der Waals surface area contributed by atoms with Crippen LogP contribution in [0, 0.1) is 17.8 Å². The third kappa shape index (κ3) is 4.98. The summed E-state index contributed by atoms with van der Waals surface area (Å²) in [7, 11) is 0. The molecule has 1 heterocycles. The number of hydrogen-bond acceptors (Lipinski definition) is 6. The fourth-order valence-corrected chi connectivity index (χ4v) is 2.59. The molecule has 0 spiro atoms. The molecular formula is C15H25NO6. The van der Waals surface area contributed by atoms with E-state index in [1.165, 1.54) is 0 Å². The first-order chi connectivity index (χ1) is 10.2. The van der Waals surface area contributed by atoms with E-state index < -0.39 is 35.3 Å². The zero-order valence-electron chi connectivity index (χ0n) is 13.5. The molecule has 3 atom stereocenters. The highest BCUT2D eigenvalue weighted by molar-refractivity contribution is 5.98. The summed E-state index contributed by atoms with van der Waals surface area (Å²) < 4.78 is 10.2. The van der Waals surface area contributed by atoms with Crippen LogP contribution in [0.1, 0.15) is 34.1 Å². The smallest absolute Gasteiger partial charge is 0.321 e. The second-order valence-electron chi connectivity index (χ2n) is 6.38. The van der Waals surface area contributed by atoms with E-state index in [1.54, 1.807) is 27.7 Å². The normalized spacial score (nSPS) is 21.0. The lowest BCUT2D eigenvalue weighted by molar-refractivity contribution is -0.176. The van der Waals surface area contributed by atoms with E-state index in [1.807, 2.05) is 0 Å². The van der Waals surface area contributed by atoms with Gasteiger partial charge in [0.05, 0.1) is 12.5 Å². The Hall–Kier alpha value is -1.63. The molecule has 1 aliphatic heterocycles. The maximum Gasteiger partial charge on any atom is 0.321 e. The first-order valence-corrected chi connectivity index (χ1v) is 7.50. The second-order valence-corrected chi connectivity index (χ2v) is 6.38. The van der Waals surface area contributed by atoms with Gasteiger partial charge in [-0.05, 0) is 53.1 Å². The molecule has 0 bridgehead atoms. The molecular weight excluding hydrogens is 290 g/mol. The first-order valence-electron chi connectivity index (χ1n) is 7.50. The van der Waals surface area contributed by atoms with Crippen LogP contribution in [0.4, 0.5) is 0 Å². The summed E-state index contributed by atoms with van der Waals surface area (Å²) in [5.74, 6) is -5.77. The van der Waals surface area contributed by atoms with Gasteiger partial charge in [-0.15, -0.1) is 0 Å². The van der Waals surface area contributed by atoms with Crippen LogP contribution in [0.25, 0.3) is 0 Å². The van der Waals surface area contributed by atoms with Gasteiger partial charge in [0.1, 0.15) is 5.60 Å². The van der Waals surface area contributed by atoms with Gasteiger partial charge in [-0.25, -0.2) is 0 Å². The Balaban J connectivity index is 3.07. The number of carboxylic acid groups (broad SMARTS) is 1. The van der Waals surface area contributed by atoms with E-state index in [0.29, 0.717) is 19.5 Å². The number of esters is 2. The fraction of sp³-hybridized carbons (Fsp3) is 0.800. The van der Waals surface area contributed by atoms with Crippen molar-refractivity contribution in [3.8, 4) is 0 Å². The summed E-state index contributed by atoms with van der Waals surface area (Å²) >= 11 is 0. The van der Waals surface area contributed by atoms with Crippen LogP contribution < -0.4 is 5.32 Å². The molecule has 0 radical (unpaired) electrons. The lowest BCUT2D eigenvalue weighted by Gasteiger charge is -2.29. The molecule has 2 N–H and O–H groups in total. The van der Waals surface area contributed by atoms with Gasteiger partial charge in [0.25, 0.3) is 0 Å². The average molecular weight is 315 g/mol. The Morgan fingerprint density at radius 1 is 1.27 bits per heavy atom. The predicted molar refractivity (Wildman–Crippen MR) is 78.1 cm³/mol. The van der Waals surface area contributed by atoms with Gasteiger partial charge in [0, 0.05) is 0 Å². The number of rotatable bonds is 6. The predicted octanol–water partition coefficient (Wildman–Crippen LogP) is 0.818. The summed E-state index contributed by atoms with van der Waals surface area (Å²) in [6, 6.07) is 0. The minimum atomic E-state index is -1.54. The monoisotopic (exact) mass is 315 g/mol. The van der Waals surface area contributed by atoms with Gasteiger partial charge in [-0.1, -0.05) is 0 Å². The molecule has 7 nitrogen and oxygen atoms in total. The molecule has 126 valence electrons. The van der Waals surface area contributed by atoms with Crippen LogP contribution in [0.15, 0.2) is 0 Å². The Bertz CT molecular complexity index is 422. The molecule has 1 saturated heterocycles. The van der Waals surface area contributed by atoms with Crippen LogP contribution in [-0.4, -0.2) is 48.3 Å². The maximum atomic E-state index is 12.5. The molecule has 1 aliphatic rings. The standard InChI is InChI=1S/C15H25NO6/c1-5-21-13(19)11(12(17)18)10(9-6-7-16-8-9)14(20)22-15(2,3)4/h9-11,16H,5-8H2,1-4H3,(H,17,18). The molecule has 1 rings (SSSR count). The fourth-order valence-electron chi connectivity index (χ4n) is 2.59. The maximum absolute atomic E-state index is 12.5. The van der Waals surface area contributed by atoms with Crippen molar-refractivity contribution in [1.29, 1.82) is 0 Å². The summed E-state index contributed by atoms with van der Waals surface area (Å²) in [6.45, 7) is 7.92. The van der Waals surface area contributed by atoms with Gasteiger partial charge in [0.15, 0.2) is 5.92 Å². The van der Waals surface area contributed by atoms with Crippen molar-refractivity contribution < 1.29 is 29.0 Å². The van der Waals surface area contributed by atoms with Crippen molar-refractivity contribution in [2.75, 3.05) is 19.7 Å². The zero-order chi connectivity index (χ0) is 16.9. The van der Waals surface area contributed by atoms with Gasteiger partial charge in [0.2, 0.25) is 0 Å². The Labute approximate surface area is 130 Å².